The van der Waals surface area contributed by atoms with E-state index in [-0.39, 0.29) is 11.9 Å². The summed E-state index contributed by atoms with van der Waals surface area (Å²) in [5.41, 5.74) is 1.20. The zero-order valence-electron chi connectivity index (χ0n) is 16.5. The second kappa shape index (κ2) is 9.40. The summed E-state index contributed by atoms with van der Waals surface area (Å²) in [4.78, 5) is 17.4. The number of benzene rings is 1. The number of likely N-dealkylation sites (N-methyl/N-ethyl adjacent to an activating group) is 1. The molecule has 3 rings (SSSR count). The fourth-order valence-corrected chi connectivity index (χ4v) is 4.57. The summed E-state index contributed by atoms with van der Waals surface area (Å²) in [6.07, 6.45) is 11.3. The van der Waals surface area contributed by atoms with Gasteiger partial charge in [-0.15, -0.1) is 0 Å². The molecule has 1 aromatic rings. The maximum atomic E-state index is 13.0. The lowest BCUT2D eigenvalue weighted by atomic mass is 9.96. The smallest absolute Gasteiger partial charge is 0.237 e. The van der Waals surface area contributed by atoms with Crippen molar-refractivity contribution in [2.75, 3.05) is 27.2 Å². The number of hydrogen-bond acceptors (Lipinski definition) is 3. The minimum absolute atomic E-state index is 0.198. The lowest BCUT2D eigenvalue weighted by molar-refractivity contribution is -0.133. The van der Waals surface area contributed by atoms with Crippen LogP contribution in [-0.4, -0.2) is 49.0 Å². The van der Waals surface area contributed by atoms with Gasteiger partial charge in [0, 0.05) is 12.6 Å². The van der Waals surface area contributed by atoms with Crippen LogP contribution < -0.4 is 4.74 Å². The van der Waals surface area contributed by atoms with Crippen molar-refractivity contribution in [3.8, 4) is 5.75 Å². The normalized spacial score (nSPS) is 22.3. The molecule has 0 spiro atoms. The van der Waals surface area contributed by atoms with Gasteiger partial charge in [-0.3, -0.25) is 9.69 Å². The Kier molecular flexibility index (Phi) is 6.95. The Morgan fingerprint density at radius 3 is 2.58 bits per heavy atom. The quantitative estimate of drug-likeness (QED) is 0.782. The van der Waals surface area contributed by atoms with E-state index < -0.39 is 0 Å². The van der Waals surface area contributed by atoms with Crippen molar-refractivity contribution in [3.05, 3.63) is 29.8 Å². The molecule has 1 heterocycles. The Hall–Kier alpha value is -1.55. The van der Waals surface area contributed by atoms with Crippen LogP contribution >= 0.6 is 0 Å². The topological polar surface area (TPSA) is 32.8 Å². The van der Waals surface area contributed by atoms with Crippen LogP contribution in [0.25, 0.3) is 0 Å². The summed E-state index contributed by atoms with van der Waals surface area (Å²) in [5.74, 6) is 1.15. The monoisotopic (exact) mass is 358 g/mol. The fraction of sp³-hybridized carbons (Fsp3) is 0.682. The van der Waals surface area contributed by atoms with Crippen molar-refractivity contribution in [1.82, 2.24) is 9.80 Å². The first-order chi connectivity index (χ1) is 12.7. The molecule has 1 saturated carbocycles. The Bertz CT molecular complexity index is 581. The molecule has 1 unspecified atom stereocenters. The van der Waals surface area contributed by atoms with Crippen LogP contribution in [0.2, 0.25) is 0 Å². The third kappa shape index (κ3) is 4.79. The maximum absolute atomic E-state index is 13.0. The molecule has 2 fully saturated rings. The standard InChI is InChI=1S/C22H34N2O2/c1-23(19-11-6-4-3-5-7-12-19)17-22(25)24-15-9-14-21(24)18-10-8-13-20(16-18)26-2/h8,10,13,16,19,21H,3-7,9,11-12,14-15,17H2,1-2H3. The number of amides is 1. The fourth-order valence-electron chi connectivity index (χ4n) is 4.57. The van der Waals surface area contributed by atoms with Gasteiger partial charge in [0.1, 0.15) is 5.75 Å². The molecule has 1 atom stereocenters. The maximum Gasteiger partial charge on any atom is 0.237 e. The average molecular weight is 359 g/mol. The second-order valence-corrected chi connectivity index (χ2v) is 7.94. The largest absolute Gasteiger partial charge is 0.497 e. The molecule has 144 valence electrons. The van der Waals surface area contributed by atoms with Crippen molar-refractivity contribution in [1.29, 1.82) is 0 Å². The molecule has 1 saturated heterocycles. The Morgan fingerprint density at radius 2 is 1.85 bits per heavy atom. The van der Waals surface area contributed by atoms with Gasteiger partial charge in [0.25, 0.3) is 0 Å². The number of methoxy groups -OCH3 is 1. The molecular formula is C22H34N2O2. The number of hydrogen-bond donors (Lipinski definition) is 0. The van der Waals surface area contributed by atoms with E-state index in [2.05, 4.69) is 29.0 Å². The SMILES string of the molecule is COc1cccc(C2CCCN2C(=O)CN(C)C2CCCCCCC2)c1. The number of carbonyl (C=O) groups excluding carboxylic acids is 1. The highest BCUT2D eigenvalue weighted by molar-refractivity contribution is 5.79. The second-order valence-electron chi connectivity index (χ2n) is 7.94. The van der Waals surface area contributed by atoms with E-state index in [1.165, 1.54) is 50.5 Å². The number of carbonyl (C=O) groups is 1. The van der Waals surface area contributed by atoms with Crippen molar-refractivity contribution in [3.63, 3.8) is 0 Å². The van der Waals surface area contributed by atoms with Gasteiger partial charge in [-0.25, -0.2) is 0 Å². The van der Waals surface area contributed by atoms with Gasteiger partial charge in [0.15, 0.2) is 0 Å². The van der Waals surface area contributed by atoms with E-state index in [1.54, 1.807) is 7.11 Å². The van der Waals surface area contributed by atoms with Crippen LogP contribution in [-0.2, 0) is 4.79 Å². The van der Waals surface area contributed by atoms with Gasteiger partial charge in [-0.1, -0.05) is 44.2 Å². The average Bonchev–Trinajstić information content (AvgIpc) is 3.11. The number of nitrogens with zero attached hydrogens (tertiary/aromatic N) is 2. The van der Waals surface area contributed by atoms with Gasteiger partial charge < -0.3 is 9.64 Å². The van der Waals surface area contributed by atoms with Crippen LogP contribution in [0.1, 0.15) is 69.4 Å². The molecule has 1 aromatic carbocycles. The summed E-state index contributed by atoms with van der Waals surface area (Å²) >= 11 is 0. The van der Waals surface area contributed by atoms with Crippen molar-refractivity contribution < 1.29 is 9.53 Å². The highest BCUT2D eigenvalue weighted by atomic mass is 16.5. The summed E-state index contributed by atoms with van der Waals surface area (Å²) in [5, 5.41) is 0. The first-order valence-electron chi connectivity index (χ1n) is 10.3. The molecule has 0 N–H and O–H groups in total. The first-order valence-corrected chi connectivity index (χ1v) is 10.3. The number of rotatable bonds is 5. The molecule has 0 radical (unpaired) electrons. The highest BCUT2D eigenvalue weighted by Gasteiger charge is 2.31. The predicted molar refractivity (Wildman–Crippen MR) is 105 cm³/mol. The van der Waals surface area contributed by atoms with Gasteiger partial charge in [-0.2, -0.15) is 0 Å². The Morgan fingerprint density at radius 1 is 1.12 bits per heavy atom. The van der Waals surface area contributed by atoms with E-state index in [0.29, 0.717) is 12.6 Å². The Labute approximate surface area is 158 Å². The molecule has 26 heavy (non-hydrogen) atoms. The number of ether oxygens (including phenoxy) is 1. The lowest BCUT2D eigenvalue weighted by Gasteiger charge is -2.32. The van der Waals surface area contributed by atoms with Gasteiger partial charge in [-0.05, 0) is 50.4 Å². The minimum atomic E-state index is 0.198. The van der Waals surface area contributed by atoms with Crippen molar-refractivity contribution in [2.45, 2.75) is 69.9 Å². The van der Waals surface area contributed by atoms with Gasteiger partial charge in [0.05, 0.1) is 19.7 Å². The van der Waals surface area contributed by atoms with E-state index in [0.717, 1.165) is 25.1 Å². The summed E-state index contributed by atoms with van der Waals surface area (Å²) < 4.78 is 5.36. The molecule has 4 nitrogen and oxygen atoms in total. The van der Waals surface area contributed by atoms with Gasteiger partial charge in [0.2, 0.25) is 5.91 Å². The molecule has 2 aliphatic rings. The predicted octanol–water partition coefficient (Wildman–Crippen LogP) is 4.40. The molecular weight excluding hydrogens is 324 g/mol. The minimum Gasteiger partial charge on any atom is -0.497 e. The molecule has 1 aliphatic carbocycles. The van der Waals surface area contributed by atoms with Gasteiger partial charge >= 0.3 is 0 Å². The molecule has 1 amide bonds. The third-order valence-corrected chi connectivity index (χ3v) is 6.13. The van der Waals surface area contributed by atoms with Crippen molar-refractivity contribution >= 4 is 5.91 Å². The zero-order valence-corrected chi connectivity index (χ0v) is 16.5. The van der Waals surface area contributed by atoms with E-state index in [1.807, 2.05) is 12.1 Å². The Balaban J connectivity index is 1.62. The number of likely N-dealkylation sites (tertiary alicyclic amines) is 1. The molecule has 4 heteroatoms. The third-order valence-electron chi connectivity index (χ3n) is 6.13. The van der Waals surface area contributed by atoms with Crippen molar-refractivity contribution in [2.24, 2.45) is 0 Å². The lowest BCUT2D eigenvalue weighted by Crippen LogP contribution is -2.42. The summed E-state index contributed by atoms with van der Waals surface area (Å²) in [6, 6.07) is 8.95. The first kappa shape index (κ1) is 19.2. The van der Waals surface area contributed by atoms with Crippen LogP contribution in [0.4, 0.5) is 0 Å². The van der Waals surface area contributed by atoms with Crippen LogP contribution in [0.3, 0.4) is 0 Å². The van der Waals surface area contributed by atoms with Crippen LogP contribution in [0.15, 0.2) is 24.3 Å². The van der Waals surface area contributed by atoms with E-state index in [9.17, 15) is 4.79 Å². The van der Waals surface area contributed by atoms with Crippen LogP contribution in [0, 0.1) is 0 Å². The van der Waals surface area contributed by atoms with E-state index in [4.69, 9.17) is 4.74 Å². The highest BCUT2D eigenvalue weighted by Crippen LogP contribution is 2.33. The molecule has 1 aliphatic heterocycles. The molecule has 0 bridgehead atoms. The van der Waals surface area contributed by atoms with Crippen LogP contribution in [0.5, 0.6) is 5.75 Å². The summed E-state index contributed by atoms with van der Waals surface area (Å²) in [7, 11) is 3.83. The zero-order chi connectivity index (χ0) is 18.4. The van der Waals surface area contributed by atoms with E-state index >= 15 is 0 Å². The summed E-state index contributed by atoms with van der Waals surface area (Å²) in [6.45, 7) is 1.42. The molecule has 0 aromatic heterocycles.